The van der Waals surface area contributed by atoms with E-state index in [2.05, 4.69) is 28.1 Å². The summed E-state index contributed by atoms with van der Waals surface area (Å²) in [5.74, 6) is 1.12. The number of para-hydroxylation sites is 1. The fourth-order valence-electron chi connectivity index (χ4n) is 3.05. The Hall–Kier alpha value is -2.89. The highest BCUT2D eigenvalue weighted by molar-refractivity contribution is 5.80. The molecule has 1 amide bonds. The number of anilines is 1. The molecule has 3 aromatic rings. The molecule has 2 aromatic heterocycles. The molecule has 122 valence electrons. The van der Waals surface area contributed by atoms with Gasteiger partial charge in [0.2, 0.25) is 5.91 Å². The van der Waals surface area contributed by atoms with E-state index in [9.17, 15) is 4.79 Å². The summed E-state index contributed by atoms with van der Waals surface area (Å²) in [6.45, 7) is 3.42. The number of pyridine rings is 1. The number of hydrogen-bond acceptors (Lipinski definition) is 4. The predicted molar refractivity (Wildman–Crippen MR) is 92.8 cm³/mol. The Balaban J connectivity index is 1.40. The molecule has 0 unspecified atom stereocenters. The van der Waals surface area contributed by atoms with Crippen molar-refractivity contribution in [3.8, 4) is 0 Å². The van der Waals surface area contributed by atoms with Gasteiger partial charge in [-0.25, -0.2) is 9.97 Å². The predicted octanol–water partition coefficient (Wildman–Crippen LogP) is 1.78. The second-order valence-electron chi connectivity index (χ2n) is 5.97. The van der Waals surface area contributed by atoms with Gasteiger partial charge in [-0.05, 0) is 18.2 Å². The maximum Gasteiger partial charge on any atom is 0.242 e. The van der Waals surface area contributed by atoms with Gasteiger partial charge in [-0.2, -0.15) is 0 Å². The Morgan fingerprint density at radius 2 is 1.88 bits per heavy atom. The topological polar surface area (TPSA) is 54.3 Å². The van der Waals surface area contributed by atoms with Gasteiger partial charge >= 0.3 is 0 Å². The Bertz CT molecular complexity index is 838. The molecular formula is C18H19N5O. The van der Waals surface area contributed by atoms with Gasteiger partial charge in [0.1, 0.15) is 12.4 Å². The number of piperazine rings is 1. The molecule has 4 rings (SSSR count). The molecule has 1 aliphatic rings. The van der Waals surface area contributed by atoms with E-state index in [0.29, 0.717) is 6.54 Å². The molecule has 0 N–H and O–H groups in total. The first-order valence-corrected chi connectivity index (χ1v) is 8.14. The van der Waals surface area contributed by atoms with Crippen LogP contribution in [-0.4, -0.2) is 51.5 Å². The lowest BCUT2D eigenvalue weighted by Crippen LogP contribution is -2.49. The molecule has 0 spiro atoms. The normalized spacial score (nSPS) is 15.0. The van der Waals surface area contributed by atoms with Crippen LogP contribution in [0.2, 0.25) is 0 Å². The molecule has 1 aromatic carbocycles. The number of rotatable bonds is 3. The molecule has 6 nitrogen and oxygen atoms in total. The summed E-state index contributed by atoms with van der Waals surface area (Å²) in [5.41, 5.74) is 1.01. The highest BCUT2D eigenvalue weighted by atomic mass is 16.2. The molecule has 6 heteroatoms. The minimum absolute atomic E-state index is 0.138. The number of carbonyl (C=O) groups excluding carboxylic acids is 1. The standard InChI is InChI=1S/C18H19N5O/c24-18(13-21-8-7-19-14-21)23-11-9-22(10-12-23)17-6-5-15-3-1-2-4-16(15)20-17/h1-8,14H,9-13H2. The average molecular weight is 321 g/mol. The average Bonchev–Trinajstić information content (AvgIpc) is 3.14. The van der Waals surface area contributed by atoms with Crippen molar-refractivity contribution >= 4 is 22.6 Å². The minimum atomic E-state index is 0.138. The molecule has 0 radical (unpaired) electrons. The number of imidazole rings is 1. The van der Waals surface area contributed by atoms with Crippen molar-refractivity contribution in [1.29, 1.82) is 0 Å². The highest BCUT2D eigenvalue weighted by Crippen LogP contribution is 2.19. The first kappa shape index (κ1) is 14.7. The number of benzene rings is 1. The summed E-state index contributed by atoms with van der Waals surface area (Å²) < 4.78 is 1.81. The second kappa shape index (κ2) is 6.31. The first-order chi connectivity index (χ1) is 11.8. The van der Waals surface area contributed by atoms with E-state index in [1.54, 1.807) is 17.1 Å². The number of fused-ring (bicyclic) bond motifs is 1. The molecule has 1 saturated heterocycles. The number of aromatic nitrogens is 3. The van der Waals surface area contributed by atoms with Crippen LogP contribution in [0.25, 0.3) is 10.9 Å². The molecule has 0 atom stereocenters. The van der Waals surface area contributed by atoms with E-state index in [1.165, 1.54) is 0 Å². The van der Waals surface area contributed by atoms with Crippen molar-refractivity contribution in [3.05, 3.63) is 55.1 Å². The molecule has 1 fully saturated rings. The van der Waals surface area contributed by atoms with Gasteiger partial charge in [-0.1, -0.05) is 18.2 Å². The fourth-order valence-corrected chi connectivity index (χ4v) is 3.05. The fraction of sp³-hybridized carbons (Fsp3) is 0.278. The second-order valence-corrected chi connectivity index (χ2v) is 5.97. The van der Waals surface area contributed by atoms with Crippen LogP contribution in [0.3, 0.4) is 0 Å². The Labute approximate surface area is 140 Å². The van der Waals surface area contributed by atoms with Crippen molar-refractivity contribution in [1.82, 2.24) is 19.4 Å². The SMILES string of the molecule is O=C(Cn1ccnc1)N1CCN(c2ccc3ccccc3n2)CC1. The largest absolute Gasteiger partial charge is 0.353 e. The van der Waals surface area contributed by atoms with Crippen LogP contribution >= 0.6 is 0 Å². The van der Waals surface area contributed by atoms with Crippen LogP contribution < -0.4 is 4.90 Å². The lowest BCUT2D eigenvalue weighted by molar-refractivity contribution is -0.132. The zero-order chi connectivity index (χ0) is 16.4. The zero-order valence-electron chi connectivity index (χ0n) is 13.4. The Morgan fingerprint density at radius 1 is 1.04 bits per heavy atom. The van der Waals surface area contributed by atoms with Crippen LogP contribution in [0.1, 0.15) is 0 Å². The molecular weight excluding hydrogens is 302 g/mol. The van der Waals surface area contributed by atoms with Gasteiger partial charge in [0.25, 0.3) is 0 Å². The summed E-state index contributed by atoms with van der Waals surface area (Å²) >= 11 is 0. The van der Waals surface area contributed by atoms with Gasteiger partial charge in [0.05, 0.1) is 11.8 Å². The third-order valence-corrected chi connectivity index (χ3v) is 4.42. The third kappa shape index (κ3) is 2.95. The molecule has 0 bridgehead atoms. The van der Waals surface area contributed by atoms with Crippen LogP contribution in [0.15, 0.2) is 55.1 Å². The first-order valence-electron chi connectivity index (χ1n) is 8.14. The number of carbonyl (C=O) groups is 1. The van der Waals surface area contributed by atoms with Gasteiger partial charge in [-0.15, -0.1) is 0 Å². The lowest BCUT2D eigenvalue weighted by atomic mass is 10.2. The van der Waals surface area contributed by atoms with Gasteiger partial charge in [0, 0.05) is 44.0 Å². The van der Waals surface area contributed by atoms with Crippen molar-refractivity contribution in [3.63, 3.8) is 0 Å². The molecule has 0 aliphatic carbocycles. The highest BCUT2D eigenvalue weighted by Gasteiger charge is 2.22. The van der Waals surface area contributed by atoms with Gasteiger partial charge in [0.15, 0.2) is 0 Å². The number of nitrogens with zero attached hydrogens (tertiary/aromatic N) is 5. The maximum atomic E-state index is 12.3. The number of amides is 1. The monoisotopic (exact) mass is 321 g/mol. The van der Waals surface area contributed by atoms with Gasteiger partial charge < -0.3 is 14.4 Å². The Kier molecular flexibility index (Phi) is 3.86. The molecule has 1 aliphatic heterocycles. The van der Waals surface area contributed by atoms with E-state index < -0.39 is 0 Å². The van der Waals surface area contributed by atoms with E-state index >= 15 is 0 Å². The summed E-state index contributed by atoms with van der Waals surface area (Å²) in [4.78, 5) is 25.2. The summed E-state index contributed by atoms with van der Waals surface area (Å²) in [5, 5.41) is 1.15. The van der Waals surface area contributed by atoms with Crippen LogP contribution in [-0.2, 0) is 11.3 Å². The van der Waals surface area contributed by atoms with Crippen molar-refractivity contribution in [2.75, 3.05) is 31.1 Å². The van der Waals surface area contributed by atoms with Crippen LogP contribution in [0, 0.1) is 0 Å². The molecule has 3 heterocycles. The molecule has 0 saturated carbocycles. The van der Waals surface area contributed by atoms with Crippen molar-refractivity contribution in [2.45, 2.75) is 6.54 Å². The quantitative estimate of drug-likeness (QED) is 0.738. The number of hydrogen-bond donors (Lipinski definition) is 0. The van der Waals surface area contributed by atoms with Crippen molar-refractivity contribution in [2.24, 2.45) is 0 Å². The maximum absolute atomic E-state index is 12.3. The van der Waals surface area contributed by atoms with E-state index in [4.69, 9.17) is 4.98 Å². The molecule has 24 heavy (non-hydrogen) atoms. The van der Waals surface area contributed by atoms with E-state index in [0.717, 1.165) is 42.9 Å². The van der Waals surface area contributed by atoms with E-state index in [-0.39, 0.29) is 5.91 Å². The van der Waals surface area contributed by atoms with Gasteiger partial charge in [-0.3, -0.25) is 4.79 Å². The Morgan fingerprint density at radius 3 is 2.67 bits per heavy atom. The summed E-state index contributed by atoms with van der Waals surface area (Å²) in [7, 11) is 0. The zero-order valence-corrected chi connectivity index (χ0v) is 13.4. The minimum Gasteiger partial charge on any atom is -0.353 e. The smallest absolute Gasteiger partial charge is 0.242 e. The van der Waals surface area contributed by atoms with Crippen LogP contribution in [0.4, 0.5) is 5.82 Å². The van der Waals surface area contributed by atoms with E-state index in [1.807, 2.05) is 29.3 Å². The van der Waals surface area contributed by atoms with Crippen LogP contribution in [0.5, 0.6) is 0 Å². The lowest BCUT2D eigenvalue weighted by Gasteiger charge is -2.35. The summed E-state index contributed by atoms with van der Waals surface area (Å²) in [6, 6.07) is 12.3. The summed E-state index contributed by atoms with van der Waals surface area (Å²) in [6.07, 6.45) is 5.18. The van der Waals surface area contributed by atoms with Crippen molar-refractivity contribution < 1.29 is 4.79 Å². The third-order valence-electron chi connectivity index (χ3n) is 4.42.